The van der Waals surface area contributed by atoms with Crippen molar-refractivity contribution in [1.82, 2.24) is 9.97 Å². The molecular weight excluding hydrogens is 246 g/mol. The highest BCUT2D eigenvalue weighted by Crippen LogP contribution is 2.17. The second-order valence-electron chi connectivity index (χ2n) is 4.05. The van der Waals surface area contributed by atoms with Crippen LogP contribution in [0.25, 0.3) is 0 Å². The molecule has 0 aliphatic rings. The number of halogens is 1. The van der Waals surface area contributed by atoms with Gasteiger partial charge in [-0.05, 0) is 24.1 Å². The van der Waals surface area contributed by atoms with E-state index in [0.717, 1.165) is 35.2 Å². The molecule has 2 rings (SSSR count). The lowest BCUT2D eigenvalue weighted by molar-refractivity contribution is 0.932. The topological polar surface area (TPSA) is 37.8 Å². The monoisotopic (exact) mass is 261 g/mol. The zero-order chi connectivity index (χ0) is 12.8. The first-order chi connectivity index (χ1) is 8.79. The summed E-state index contributed by atoms with van der Waals surface area (Å²) in [6, 6.07) is 9.66. The van der Waals surface area contributed by atoms with E-state index >= 15 is 0 Å². The third-order valence-electron chi connectivity index (χ3n) is 2.57. The van der Waals surface area contributed by atoms with Gasteiger partial charge in [-0.3, -0.25) is 0 Å². The van der Waals surface area contributed by atoms with Gasteiger partial charge in [0.25, 0.3) is 0 Å². The molecule has 0 amide bonds. The maximum absolute atomic E-state index is 6.13. The quantitative estimate of drug-likeness (QED) is 0.895. The van der Waals surface area contributed by atoms with Crippen molar-refractivity contribution >= 4 is 17.4 Å². The van der Waals surface area contributed by atoms with Crippen molar-refractivity contribution in [2.75, 3.05) is 11.9 Å². The number of hydrogen-bond acceptors (Lipinski definition) is 3. The number of anilines is 1. The fourth-order valence-corrected chi connectivity index (χ4v) is 1.85. The Morgan fingerprint density at radius 3 is 2.83 bits per heavy atom. The Hall–Kier alpha value is -1.61. The summed E-state index contributed by atoms with van der Waals surface area (Å²) in [6.45, 7) is 3.04. The number of rotatable bonds is 5. The van der Waals surface area contributed by atoms with E-state index in [-0.39, 0.29) is 0 Å². The Bertz CT molecular complexity index is 514. The number of nitrogens with one attached hydrogen (secondary N) is 1. The molecule has 3 nitrogen and oxygen atoms in total. The van der Waals surface area contributed by atoms with Crippen LogP contribution in [0.3, 0.4) is 0 Å². The first-order valence-electron chi connectivity index (χ1n) is 6.09. The summed E-state index contributed by atoms with van der Waals surface area (Å²) in [6.07, 6.45) is 3.50. The summed E-state index contributed by atoms with van der Waals surface area (Å²) in [7, 11) is 0. The molecule has 0 saturated carbocycles. The number of aromatic nitrogens is 2. The van der Waals surface area contributed by atoms with E-state index in [1.54, 1.807) is 6.20 Å². The normalized spacial score (nSPS) is 10.3. The van der Waals surface area contributed by atoms with Gasteiger partial charge in [0.1, 0.15) is 11.6 Å². The van der Waals surface area contributed by atoms with E-state index < -0.39 is 0 Å². The number of benzene rings is 1. The molecule has 0 unspecified atom stereocenters. The Labute approximate surface area is 112 Å². The summed E-state index contributed by atoms with van der Waals surface area (Å²) in [5, 5.41) is 4.01. The zero-order valence-corrected chi connectivity index (χ0v) is 11.1. The van der Waals surface area contributed by atoms with Gasteiger partial charge in [-0.25, -0.2) is 9.97 Å². The molecule has 0 saturated heterocycles. The third-order valence-corrected chi connectivity index (χ3v) is 2.94. The molecule has 0 radical (unpaired) electrons. The van der Waals surface area contributed by atoms with Gasteiger partial charge in [0.2, 0.25) is 0 Å². The minimum absolute atomic E-state index is 0.654. The van der Waals surface area contributed by atoms with Crippen molar-refractivity contribution in [1.29, 1.82) is 0 Å². The Kier molecular flexibility index (Phi) is 4.53. The molecule has 1 heterocycles. The fraction of sp³-hybridized carbons (Fsp3) is 0.286. The van der Waals surface area contributed by atoms with Gasteiger partial charge in [0, 0.05) is 24.2 Å². The first-order valence-corrected chi connectivity index (χ1v) is 6.46. The number of nitrogens with zero attached hydrogens (tertiary/aromatic N) is 2. The van der Waals surface area contributed by atoms with Crippen LogP contribution in [0.15, 0.2) is 36.5 Å². The lowest BCUT2D eigenvalue weighted by atomic mass is 10.1. The van der Waals surface area contributed by atoms with Crippen LogP contribution in [0.1, 0.15) is 24.7 Å². The molecule has 0 atom stereocenters. The van der Waals surface area contributed by atoms with Gasteiger partial charge < -0.3 is 5.32 Å². The Balaban J connectivity index is 2.12. The smallest absolute Gasteiger partial charge is 0.135 e. The Morgan fingerprint density at radius 1 is 1.22 bits per heavy atom. The molecule has 1 aromatic heterocycles. The minimum Gasteiger partial charge on any atom is -0.370 e. The lowest BCUT2D eigenvalue weighted by Gasteiger charge is -2.06. The van der Waals surface area contributed by atoms with Crippen LogP contribution in [0.2, 0.25) is 5.02 Å². The van der Waals surface area contributed by atoms with E-state index in [9.17, 15) is 0 Å². The van der Waals surface area contributed by atoms with Gasteiger partial charge in [-0.15, -0.1) is 0 Å². The van der Waals surface area contributed by atoms with Gasteiger partial charge in [0.15, 0.2) is 0 Å². The van der Waals surface area contributed by atoms with Gasteiger partial charge >= 0.3 is 0 Å². The van der Waals surface area contributed by atoms with Crippen molar-refractivity contribution in [3.8, 4) is 0 Å². The van der Waals surface area contributed by atoms with Crippen LogP contribution in [-0.2, 0) is 6.42 Å². The predicted molar refractivity (Wildman–Crippen MR) is 75.1 cm³/mol. The van der Waals surface area contributed by atoms with Gasteiger partial charge in [0.05, 0.1) is 0 Å². The van der Waals surface area contributed by atoms with Crippen LogP contribution in [0.5, 0.6) is 0 Å². The summed E-state index contributed by atoms with van der Waals surface area (Å²) in [4.78, 5) is 8.74. The molecule has 0 spiro atoms. The molecular formula is C14H16ClN3. The third kappa shape index (κ3) is 3.44. The van der Waals surface area contributed by atoms with Gasteiger partial charge in [-0.2, -0.15) is 0 Å². The average molecular weight is 262 g/mol. The van der Waals surface area contributed by atoms with E-state index in [4.69, 9.17) is 11.6 Å². The Morgan fingerprint density at radius 2 is 2.06 bits per heavy atom. The summed E-state index contributed by atoms with van der Waals surface area (Å²) >= 11 is 6.13. The molecule has 18 heavy (non-hydrogen) atoms. The molecule has 0 aliphatic carbocycles. The van der Waals surface area contributed by atoms with Crippen LogP contribution in [0.4, 0.5) is 5.82 Å². The van der Waals surface area contributed by atoms with Crippen molar-refractivity contribution in [2.45, 2.75) is 19.8 Å². The van der Waals surface area contributed by atoms with Crippen LogP contribution < -0.4 is 5.32 Å². The molecule has 1 aromatic carbocycles. The molecule has 94 valence electrons. The second-order valence-corrected chi connectivity index (χ2v) is 4.46. The van der Waals surface area contributed by atoms with Crippen molar-refractivity contribution in [3.05, 3.63) is 52.9 Å². The zero-order valence-electron chi connectivity index (χ0n) is 10.4. The van der Waals surface area contributed by atoms with Crippen LogP contribution in [0, 0.1) is 0 Å². The molecule has 4 heteroatoms. The maximum atomic E-state index is 6.13. The van der Waals surface area contributed by atoms with Crippen molar-refractivity contribution in [3.63, 3.8) is 0 Å². The van der Waals surface area contributed by atoms with Crippen molar-refractivity contribution in [2.24, 2.45) is 0 Å². The predicted octanol–water partition coefficient (Wildman–Crippen LogP) is 3.54. The SMILES string of the molecule is CCCNc1ccnc(Cc2ccccc2Cl)n1. The largest absolute Gasteiger partial charge is 0.370 e. The molecule has 2 aromatic rings. The van der Waals surface area contributed by atoms with Crippen molar-refractivity contribution < 1.29 is 0 Å². The summed E-state index contributed by atoms with van der Waals surface area (Å²) < 4.78 is 0. The summed E-state index contributed by atoms with van der Waals surface area (Å²) in [5.41, 5.74) is 1.05. The fourth-order valence-electron chi connectivity index (χ4n) is 1.65. The highest BCUT2D eigenvalue weighted by atomic mass is 35.5. The van der Waals surface area contributed by atoms with E-state index in [1.165, 1.54) is 0 Å². The maximum Gasteiger partial charge on any atom is 0.135 e. The average Bonchev–Trinajstić information content (AvgIpc) is 2.40. The standard InChI is InChI=1S/C14H16ClN3/c1-2-8-16-13-7-9-17-14(18-13)10-11-5-3-4-6-12(11)15/h3-7,9H,2,8,10H2,1H3,(H,16,17,18). The molecule has 0 aliphatic heterocycles. The second kappa shape index (κ2) is 6.36. The highest BCUT2D eigenvalue weighted by molar-refractivity contribution is 6.31. The van der Waals surface area contributed by atoms with Crippen LogP contribution in [-0.4, -0.2) is 16.5 Å². The summed E-state index contributed by atoms with van der Waals surface area (Å²) in [5.74, 6) is 1.65. The number of hydrogen-bond donors (Lipinski definition) is 1. The lowest BCUT2D eigenvalue weighted by Crippen LogP contribution is -2.05. The first kappa shape index (κ1) is 12.8. The van der Waals surface area contributed by atoms with Gasteiger partial charge in [-0.1, -0.05) is 36.7 Å². The minimum atomic E-state index is 0.654. The van der Waals surface area contributed by atoms with Crippen LogP contribution >= 0.6 is 11.6 Å². The van der Waals surface area contributed by atoms with E-state index in [2.05, 4.69) is 22.2 Å². The molecule has 0 fully saturated rings. The highest BCUT2D eigenvalue weighted by Gasteiger charge is 2.04. The van der Waals surface area contributed by atoms with E-state index in [1.807, 2.05) is 30.3 Å². The molecule has 1 N–H and O–H groups in total. The molecule has 0 bridgehead atoms. The van der Waals surface area contributed by atoms with E-state index in [0.29, 0.717) is 6.42 Å².